The van der Waals surface area contributed by atoms with E-state index in [2.05, 4.69) is 12.1 Å². The summed E-state index contributed by atoms with van der Waals surface area (Å²) in [5, 5.41) is 9.51. The van der Waals surface area contributed by atoms with Crippen LogP contribution in [0.3, 0.4) is 0 Å². The van der Waals surface area contributed by atoms with Crippen LogP contribution < -0.4 is 0 Å². The normalized spacial score (nSPS) is 16.0. The van der Waals surface area contributed by atoms with Crippen LogP contribution in [0.1, 0.15) is 56.1 Å². The molecule has 40 heavy (non-hydrogen) atoms. The highest BCUT2D eigenvalue weighted by Crippen LogP contribution is 2.44. The van der Waals surface area contributed by atoms with Crippen LogP contribution in [-0.2, 0) is 19.1 Å². The van der Waals surface area contributed by atoms with Gasteiger partial charge in [0.1, 0.15) is 18.7 Å². The number of ether oxygens (including phenoxy) is 1. The molecule has 1 N–H and O–H groups in total. The molecule has 214 valence electrons. The van der Waals surface area contributed by atoms with Gasteiger partial charge in [-0.2, -0.15) is 0 Å². The van der Waals surface area contributed by atoms with E-state index in [9.17, 15) is 24.3 Å². The standard InChI is InChI=1S/C31H39N3O6/c1-5-34(26(18-27(35)36)29(37)32(2)3)30(38)28(20-12-6-7-13-20)33(4)31(39)40-19-25-23-16-10-8-14-21(23)22-15-9-11-17-24(22)25/h8-11,14-17,20,25-26,28H,5-7,12-13,18-19H2,1-4H3,(H,35,36)/t26-,28-/m0/s1. The van der Waals surface area contributed by atoms with Crippen LogP contribution in [0.5, 0.6) is 0 Å². The summed E-state index contributed by atoms with van der Waals surface area (Å²) in [6, 6.07) is 14.1. The fourth-order valence-corrected chi connectivity index (χ4v) is 6.26. The summed E-state index contributed by atoms with van der Waals surface area (Å²) in [5.74, 6) is -2.28. The van der Waals surface area contributed by atoms with Crippen LogP contribution in [-0.4, -0.2) is 90.1 Å². The minimum atomic E-state index is -1.17. The van der Waals surface area contributed by atoms with Crippen molar-refractivity contribution < 1.29 is 29.0 Å². The van der Waals surface area contributed by atoms with E-state index in [1.807, 2.05) is 36.4 Å². The maximum atomic E-state index is 14.1. The zero-order valence-corrected chi connectivity index (χ0v) is 23.7. The number of carboxylic acid groups (broad SMARTS) is 1. The molecule has 0 aromatic heterocycles. The van der Waals surface area contributed by atoms with Gasteiger partial charge in [0.15, 0.2) is 0 Å². The van der Waals surface area contributed by atoms with Crippen molar-refractivity contribution in [3.05, 3.63) is 59.7 Å². The molecule has 0 spiro atoms. The Morgan fingerprint density at radius 2 is 1.45 bits per heavy atom. The topological polar surface area (TPSA) is 107 Å². The van der Waals surface area contributed by atoms with E-state index in [1.54, 1.807) is 14.0 Å². The molecule has 0 bridgehead atoms. The number of amides is 3. The van der Waals surface area contributed by atoms with E-state index in [0.29, 0.717) is 0 Å². The van der Waals surface area contributed by atoms with Crippen LogP contribution in [0.25, 0.3) is 11.1 Å². The molecule has 0 heterocycles. The Labute approximate surface area is 235 Å². The first-order chi connectivity index (χ1) is 19.1. The van der Waals surface area contributed by atoms with Crippen molar-refractivity contribution in [2.75, 3.05) is 34.3 Å². The predicted octanol–water partition coefficient (Wildman–Crippen LogP) is 4.21. The lowest BCUT2D eigenvalue weighted by Gasteiger charge is -2.38. The lowest BCUT2D eigenvalue weighted by Crippen LogP contribution is -2.58. The Morgan fingerprint density at radius 3 is 1.95 bits per heavy atom. The third-order valence-corrected chi connectivity index (χ3v) is 8.23. The second kappa shape index (κ2) is 12.5. The smallest absolute Gasteiger partial charge is 0.410 e. The lowest BCUT2D eigenvalue weighted by molar-refractivity contribution is -0.152. The van der Waals surface area contributed by atoms with E-state index in [1.165, 1.54) is 28.8 Å². The van der Waals surface area contributed by atoms with E-state index < -0.39 is 42.4 Å². The first-order valence-electron chi connectivity index (χ1n) is 14.0. The van der Waals surface area contributed by atoms with Crippen LogP contribution >= 0.6 is 0 Å². The summed E-state index contributed by atoms with van der Waals surface area (Å²) >= 11 is 0. The van der Waals surface area contributed by atoms with Crippen molar-refractivity contribution in [2.45, 2.75) is 57.0 Å². The molecule has 3 amide bonds. The molecule has 0 aliphatic heterocycles. The Hall–Kier alpha value is -3.88. The fraction of sp³-hybridized carbons (Fsp3) is 0.484. The number of rotatable bonds is 10. The van der Waals surface area contributed by atoms with E-state index >= 15 is 0 Å². The van der Waals surface area contributed by atoms with Crippen molar-refractivity contribution in [3.8, 4) is 11.1 Å². The van der Waals surface area contributed by atoms with Crippen molar-refractivity contribution >= 4 is 23.9 Å². The van der Waals surface area contributed by atoms with E-state index in [-0.39, 0.29) is 25.0 Å². The molecule has 2 aliphatic carbocycles. The maximum absolute atomic E-state index is 14.1. The van der Waals surface area contributed by atoms with Crippen LogP contribution in [0.2, 0.25) is 0 Å². The molecular formula is C31H39N3O6. The SMILES string of the molecule is CCN(C(=O)[C@H](C1CCCC1)N(C)C(=O)OCC1c2ccccc2-c2ccccc21)[C@@H](CC(=O)O)C(=O)N(C)C. The number of carboxylic acids is 1. The Morgan fingerprint density at radius 1 is 0.900 bits per heavy atom. The van der Waals surface area contributed by atoms with E-state index in [4.69, 9.17) is 4.74 Å². The number of hydrogen-bond acceptors (Lipinski definition) is 5. The summed E-state index contributed by atoms with van der Waals surface area (Å²) in [7, 11) is 4.63. The van der Waals surface area contributed by atoms with Gasteiger partial charge in [0, 0.05) is 33.6 Å². The molecule has 2 atom stereocenters. The lowest BCUT2D eigenvalue weighted by atomic mass is 9.94. The number of hydrogen-bond donors (Lipinski definition) is 1. The molecule has 4 rings (SSSR count). The number of fused-ring (bicyclic) bond motifs is 3. The number of carbonyl (C=O) groups is 4. The average molecular weight is 550 g/mol. The molecule has 2 aromatic rings. The molecule has 9 heteroatoms. The average Bonchev–Trinajstić information content (AvgIpc) is 3.57. The maximum Gasteiger partial charge on any atom is 0.410 e. The first-order valence-corrected chi connectivity index (χ1v) is 14.0. The molecule has 1 fully saturated rings. The first kappa shape index (κ1) is 29.1. The number of nitrogens with zero attached hydrogens (tertiary/aromatic N) is 3. The van der Waals surface area contributed by atoms with Gasteiger partial charge >= 0.3 is 12.1 Å². The third kappa shape index (κ3) is 5.83. The molecular weight excluding hydrogens is 510 g/mol. The molecule has 0 unspecified atom stereocenters. The highest BCUT2D eigenvalue weighted by atomic mass is 16.6. The van der Waals surface area contributed by atoms with Gasteiger partial charge in [0.25, 0.3) is 0 Å². The Bertz CT molecular complexity index is 1210. The fourth-order valence-electron chi connectivity index (χ4n) is 6.26. The number of aliphatic carboxylic acids is 1. The van der Waals surface area contributed by atoms with Gasteiger partial charge in [-0.25, -0.2) is 4.79 Å². The van der Waals surface area contributed by atoms with Gasteiger partial charge in [-0.3, -0.25) is 19.3 Å². The zero-order chi connectivity index (χ0) is 29.0. The zero-order valence-electron chi connectivity index (χ0n) is 23.7. The second-order valence-electron chi connectivity index (χ2n) is 10.9. The minimum Gasteiger partial charge on any atom is -0.481 e. The Kier molecular flexibility index (Phi) is 9.12. The summed E-state index contributed by atoms with van der Waals surface area (Å²) in [6.45, 7) is 1.98. The highest BCUT2D eigenvalue weighted by Gasteiger charge is 2.42. The quantitative estimate of drug-likeness (QED) is 0.476. The predicted molar refractivity (Wildman–Crippen MR) is 151 cm³/mol. The molecule has 2 aromatic carbocycles. The largest absolute Gasteiger partial charge is 0.481 e. The van der Waals surface area contributed by atoms with Crippen LogP contribution in [0.4, 0.5) is 4.79 Å². The van der Waals surface area contributed by atoms with Crippen molar-refractivity contribution in [2.24, 2.45) is 5.92 Å². The monoisotopic (exact) mass is 549 g/mol. The summed E-state index contributed by atoms with van der Waals surface area (Å²) in [5.41, 5.74) is 4.44. The molecule has 0 radical (unpaired) electrons. The number of likely N-dealkylation sites (N-methyl/N-ethyl adjacent to an activating group) is 3. The Balaban J connectivity index is 1.56. The molecule has 0 saturated heterocycles. The van der Waals surface area contributed by atoms with Crippen molar-refractivity contribution in [1.82, 2.24) is 14.7 Å². The molecule has 1 saturated carbocycles. The van der Waals surface area contributed by atoms with Crippen LogP contribution in [0, 0.1) is 5.92 Å². The van der Waals surface area contributed by atoms with Gasteiger partial charge < -0.3 is 19.6 Å². The van der Waals surface area contributed by atoms with Gasteiger partial charge in [0.2, 0.25) is 11.8 Å². The molecule has 9 nitrogen and oxygen atoms in total. The number of benzene rings is 2. The number of carbonyl (C=O) groups excluding carboxylic acids is 3. The second-order valence-corrected chi connectivity index (χ2v) is 10.9. The summed E-state index contributed by atoms with van der Waals surface area (Å²) in [4.78, 5) is 56.1. The van der Waals surface area contributed by atoms with Gasteiger partial charge in [-0.05, 0) is 47.9 Å². The third-order valence-electron chi connectivity index (χ3n) is 8.23. The van der Waals surface area contributed by atoms with Gasteiger partial charge in [0.05, 0.1) is 6.42 Å². The van der Waals surface area contributed by atoms with Crippen molar-refractivity contribution in [1.29, 1.82) is 0 Å². The van der Waals surface area contributed by atoms with E-state index in [0.717, 1.165) is 47.9 Å². The van der Waals surface area contributed by atoms with Crippen molar-refractivity contribution in [3.63, 3.8) is 0 Å². The molecule has 2 aliphatic rings. The minimum absolute atomic E-state index is 0.105. The van der Waals surface area contributed by atoms with Gasteiger partial charge in [-0.1, -0.05) is 61.4 Å². The summed E-state index contributed by atoms with van der Waals surface area (Å²) < 4.78 is 5.86. The summed E-state index contributed by atoms with van der Waals surface area (Å²) in [6.07, 6.45) is 2.28. The van der Waals surface area contributed by atoms with Gasteiger partial charge in [-0.15, -0.1) is 0 Å². The highest BCUT2D eigenvalue weighted by molar-refractivity contribution is 5.93. The van der Waals surface area contributed by atoms with Crippen LogP contribution in [0.15, 0.2) is 48.5 Å².